The summed E-state index contributed by atoms with van der Waals surface area (Å²) in [7, 11) is 0. The first kappa shape index (κ1) is 10.3. The average molecular weight is 260 g/mol. The van der Waals surface area contributed by atoms with Crippen molar-refractivity contribution >= 4 is 44.9 Å². The van der Waals surface area contributed by atoms with Crippen molar-refractivity contribution in [3.63, 3.8) is 0 Å². The van der Waals surface area contributed by atoms with Crippen LogP contribution in [0.4, 0.5) is 5.82 Å². The maximum absolute atomic E-state index is 5.69. The van der Waals surface area contributed by atoms with Gasteiger partial charge in [0.1, 0.15) is 5.82 Å². The Bertz CT molecular complexity index is 431. The van der Waals surface area contributed by atoms with Crippen LogP contribution in [-0.4, -0.2) is 4.98 Å². The first-order valence-corrected chi connectivity index (χ1v) is 4.36. The molecule has 0 aliphatic heterocycles. The summed E-state index contributed by atoms with van der Waals surface area (Å²) in [5, 5.41) is 2.11. The molecule has 68 valence electrons. The summed E-state index contributed by atoms with van der Waals surface area (Å²) < 4.78 is 1.02. The molecule has 0 aliphatic carbocycles. The number of fused-ring (bicyclic) bond motifs is 1. The van der Waals surface area contributed by atoms with Crippen LogP contribution in [0.1, 0.15) is 0 Å². The largest absolute Gasteiger partial charge is 0.383 e. The van der Waals surface area contributed by atoms with E-state index in [-0.39, 0.29) is 12.4 Å². The van der Waals surface area contributed by atoms with Crippen LogP contribution in [0.3, 0.4) is 0 Å². The third-order valence-electron chi connectivity index (χ3n) is 1.76. The SMILES string of the molecule is Cl.Nc1nccc2ccc(Br)cc12. The quantitative estimate of drug-likeness (QED) is 0.790. The molecule has 0 aliphatic rings. The van der Waals surface area contributed by atoms with Crippen molar-refractivity contribution in [3.8, 4) is 0 Å². The number of benzene rings is 1. The summed E-state index contributed by atoms with van der Waals surface area (Å²) in [6, 6.07) is 7.91. The minimum Gasteiger partial charge on any atom is -0.383 e. The zero-order valence-corrected chi connectivity index (χ0v) is 9.10. The fourth-order valence-electron chi connectivity index (χ4n) is 1.16. The molecule has 4 heteroatoms. The van der Waals surface area contributed by atoms with E-state index in [4.69, 9.17) is 5.73 Å². The molecule has 2 aromatic rings. The fraction of sp³-hybridized carbons (Fsp3) is 0. The van der Waals surface area contributed by atoms with Gasteiger partial charge in [-0.3, -0.25) is 0 Å². The van der Waals surface area contributed by atoms with Crippen LogP contribution < -0.4 is 5.73 Å². The number of nitrogens with two attached hydrogens (primary N) is 1. The predicted octanol–water partition coefficient (Wildman–Crippen LogP) is 3.00. The van der Waals surface area contributed by atoms with Crippen LogP contribution in [0, 0.1) is 0 Å². The van der Waals surface area contributed by atoms with E-state index in [1.54, 1.807) is 6.20 Å². The minimum atomic E-state index is 0. The van der Waals surface area contributed by atoms with E-state index >= 15 is 0 Å². The zero-order valence-electron chi connectivity index (χ0n) is 6.70. The normalized spacial score (nSPS) is 9.62. The second kappa shape index (κ2) is 3.94. The molecule has 2 N–H and O–H groups in total. The molecule has 0 spiro atoms. The predicted molar refractivity (Wildman–Crippen MR) is 61.1 cm³/mol. The highest BCUT2D eigenvalue weighted by atomic mass is 79.9. The summed E-state index contributed by atoms with van der Waals surface area (Å²) in [5.74, 6) is 0.578. The first-order chi connectivity index (χ1) is 5.77. The van der Waals surface area contributed by atoms with Crippen molar-refractivity contribution < 1.29 is 0 Å². The molecule has 0 saturated carbocycles. The monoisotopic (exact) mass is 258 g/mol. The topological polar surface area (TPSA) is 38.9 Å². The van der Waals surface area contributed by atoms with Crippen molar-refractivity contribution in [2.75, 3.05) is 5.73 Å². The Hall–Kier alpha value is -0.800. The number of nitrogens with zero attached hydrogens (tertiary/aromatic N) is 1. The minimum absolute atomic E-state index is 0. The zero-order chi connectivity index (χ0) is 8.55. The van der Waals surface area contributed by atoms with Gasteiger partial charge in [0, 0.05) is 16.1 Å². The molecule has 0 saturated heterocycles. The van der Waals surface area contributed by atoms with Crippen LogP contribution in [0.2, 0.25) is 0 Å². The van der Waals surface area contributed by atoms with E-state index in [9.17, 15) is 0 Å². The lowest BCUT2D eigenvalue weighted by Gasteiger charge is -2.00. The van der Waals surface area contributed by atoms with E-state index in [2.05, 4.69) is 20.9 Å². The number of pyridine rings is 1. The van der Waals surface area contributed by atoms with Crippen LogP contribution >= 0.6 is 28.3 Å². The van der Waals surface area contributed by atoms with Gasteiger partial charge in [-0.15, -0.1) is 12.4 Å². The summed E-state index contributed by atoms with van der Waals surface area (Å²) in [5.41, 5.74) is 5.69. The molecule has 0 amide bonds. The highest BCUT2D eigenvalue weighted by Crippen LogP contribution is 2.22. The highest BCUT2D eigenvalue weighted by Gasteiger charge is 1.97. The molecular formula is C9H8BrClN2. The van der Waals surface area contributed by atoms with Gasteiger partial charge in [0.05, 0.1) is 0 Å². The van der Waals surface area contributed by atoms with E-state index in [0.717, 1.165) is 15.2 Å². The summed E-state index contributed by atoms with van der Waals surface area (Å²) in [6.45, 7) is 0. The molecule has 13 heavy (non-hydrogen) atoms. The number of hydrogen-bond acceptors (Lipinski definition) is 2. The maximum atomic E-state index is 5.69. The number of anilines is 1. The van der Waals surface area contributed by atoms with Crippen molar-refractivity contribution in [2.45, 2.75) is 0 Å². The Balaban J connectivity index is 0.000000845. The Morgan fingerprint density at radius 2 is 2.00 bits per heavy atom. The van der Waals surface area contributed by atoms with Gasteiger partial charge in [0.15, 0.2) is 0 Å². The molecule has 2 nitrogen and oxygen atoms in total. The van der Waals surface area contributed by atoms with Gasteiger partial charge in [0.25, 0.3) is 0 Å². The van der Waals surface area contributed by atoms with Gasteiger partial charge < -0.3 is 5.73 Å². The van der Waals surface area contributed by atoms with Gasteiger partial charge in [-0.2, -0.15) is 0 Å². The van der Waals surface area contributed by atoms with Gasteiger partial charge in [-0.25, -0.2) is 4.98 Å². The lowest BCUT2D eigenvalue weighted by molar-refractivity contribution is 1.37. The van der Waals surface area contributed by atoms with E-state index < -0.39 is 0 Å². The van der Waals surface area contributed by atoms with Gasteiger partial charge in [0.2, 0.25) is 0 Å². The summed E-state index contributed by atoms with van der Waals surface area (Å²) >= 11 is 3.38. The highest BCUT2D eigenvalue weighted by molar-refractivity contribution is 9.10. The number of nitrogen functional groups attached to an aromatic ring is 1. The van der Waals surface area contributed by atoms with Gasteiger partial charge in [-0.05, 0) is 23.6 Å². The van der Waals surface area contributed by atoms with Crippen molar-refractivity contribution in [3.05, 3.63) is 34.9 Å². The van der Waals surface area contributed by atoms with Crippen LogP contribution in [0.25, 0.3) is 10.8 Å². The van der Waals surface area contributed by atoms with Crippen LogP contribution in [0.15, 0.2) is 34.9 Å². The number of rotatable bonds is 0. The molecule has 1 aromatic carbocycles. The van der Waals surface area contributed by atoms with Crippen molar-refractivity contribution in [2.24, 2.45) is 0 Å². The van der Waals surface area contributed by atoms with E-state index in [0.29, 0.717) is 5.82 Å². The second-order valence-electron chi connectivity index (χ2n) is 2.56. The van der Waals surface area contributed by atoms with Crippen molar-refractivity contribution in [1.29, 1.82) is 0 Å². The lowest BCUT2D eigenvalue weighted by atomic mass is 10.2. The molecule has 0 atom stereocenters. The number of aromatic nitrogens is 1. The lowest BCUT2D eigenvalue weighted by Crippen LogP contribution is -1.90. The molecule has 0 unspecified atom stereocenters. The van der Waals surface area contributed by atoms with E-state index in [1.165, 1.54) is 0 Å². The molecule has 0 radical (unpaired) electrons. The Morgan fingerprint density at radius 1 is 1.23 bits per heavy atom. The third-order valence-corrected chi connectivity index (χ3v) is 2.25. The van der Waals surface area contributed by atoms with Crippen LogP contribution in [0.5, 0.6) is 0 Å². The maximum Gasteiger partial charge on any atom is 0.131 e. The molecule has 2 rings (SSSR count). The molecule has 1 heterocycles. The van der Waals surface area contributed by atoms with Crippen LogP contribution in [-0.2, 0) is 0 Å². The number of halogens is 2. The Morgan fingerprint density at radius 3 is 2.77 bits per heavy atom. The smallest absolute Gasteiger partial charge is 0.131 e. The average Bonchev–Trinajstić information content (AvgIpc) is 2.07. The summed E-state index contributed by atoms with van der Waals surface area (Å²) in [4.78, 5) is 4.01. The molecule has 0 fully saturated rings. The molecular weight excluding hydrogens is 251 g/mol. The Kier molecular flexibility index (Phi) is 3.12. The third kappa shape index (κ3) is 1.92. The van der Waals surface area contributed by atoms with Gasteiger partial charge >= 0.3 is 0 Å². The summed E-state index contributed by atoms with van der Waals surface area (Å²) in [6.07, 6.45) is 1.71. The second-order valence-corrected chi connectivity index (χ2v) is 3.48. The van der Waals surface area contributed by atoms with Crippen molar-refractivity contribution in [1.82, 2.24) is 4.98 Å². The molecule has 0 bridgehead atoms. The number of hydrogen-bond donors (Lipinski definition) is 1. The molecule has 1 aromatic heterocycles. The van der Waals surface area contributed by atoms with E-state index in [1.807, 2.05) is 24.3 Å². The first-order valence-electron chi connectivity index (χ1n) is 3.57. The standard InChI is InChI=1S/C9H7BrN2.ClH/c10-7-2-1-6-3-4-12-9(11)8(6)5-7;/h1-5H,(H2,11,12);1H. The Labute approximate surface area is 90.7 Å². The fourth-order valence-corrected chi connectivity index (χ4v) is 1.52. The van der Waals surface area contributed by atoms with Gasteiger partial charge in [-0.1, -0.05) is 22.0 Å².